The number of nitrogens with two attached hydrogens (primary N) is 1. The molecular formula is C19H25NO. The van der Waals surface area contributed by atoms with Crippen LogP contribution < -0.4 is 10.5 Å². The molecule has 0 spiro atoms. The Labute approximate surface area is 127 Å². The van der Waals surface area contributed by atoms with Crippen molar-refractivity contribution in [2.75, 3.05) is 0 Å². The van der Waals surface area contributed by atoms with Gasteiger partial charge < -0.3 is 10.5 Å². The number of aryl methyl sites for hydroxylation is 1. The summed E-state index contributed by atoms with van der Waals surface area (Å²) in [6.45, 7) is 10.7. The standard InChI is InChI=1S/C19H25NO/c1-13-12-15(19(3,4)5)10-11-17(13)21-18-9-7-6-8-16(18)14(2)20/h6-12,14H,20H2,1-5H3/t14-/m0/s1. The van der Waals surface area contributed by atoms with Crippen LogP contribution in [0.2, 0.25) is 0 Å². The van der Waals surface area contributed by atoms with Gasteiger partial charge in [0.05, 0.1) is 0 Å². The summed E-state index contributed by atoms with van der Waals surface area (Å²) in [5.74, 6) is 1.72. The van der Waals surface area contributed by atoms with E-state index < -0.39 is 0 Å². The van der Waals surface area contributed by atoms with Gasteiger partial charge in [0, 0.05) is 11.6 Å². The van der Waals surface area contributed by atoms with Gasteiger partial charge in [-0.1, -0.05) is 51.1 Å². The van der Waals surface area contributed by atoms with Gasteiger partial charge in [-0.25, -0.2) is 0 Å². The van der Waals surface area contributed by atoms with Crippen molar-refractivity contribution in [2.24, 2.45) is 5.73 Å². The fourth-order valence-corrected chi connectivity index (χ4v) is 2.30. The van der Waals surface area contributed by atoms with Crippen LogP contribution >= 0.6 is 0 Å². The van der Waals surface area contributed by atoms with Crippen LogP contribution in [0.3, 0.4) is 0 Å². The highest BCUT2D eigenvalue weighted by atomic mass is 16.5. The van der Waals surface area contributed by atoms with Gasteiger partial charge in [0.25, 0.3) is 0 Å². The molecule has 0 radical (unpaired) electrons. The van der Waals surface area contributed by atoms with E-state index in [0.29, 0.717) is 0 Å². The van der Waals surface area contributed by atoms with Crippen LogP contribution in [-0.4, -0.2) is 0 Å². The van der Waals surface area contributed by atoms with E-state index in [1.165, 1.54) is 5.56 Å². The van der Waals surface area contributed by atoms with Crippen LogP contribution in [0.1, 0.15) is 50.4 Å². The van der Waals surface area contributed by atoms with Gasteiger partial charge >= 0.3 is 0 Å². The lowest BCUT2D eigenvalue weighted by Gasteiger charge is -2.21. The Hall–Kier alpha value is -1.80. The Morgan fingerprint density at radius 1 is 1.00 bits per heavy atom. The Balaban J connectivity index is 2.33. The molecule has 2 aromatic carbocycles. The second-order valence-corrected chi connectivity index (χ2v) is 6.66. The molecule has 0 unspecified atom stereocenters. The zero-order chi connectivity index (χ0) is 15.6. The average Bonchev–Trinajstić information content (AvgIpc) is 2.40. The molecule has 0 bridgehead atoms. The number of ether oxygens (including phenoxy) is 1. The Morgan fingerprint density at radius 3 is 2.24 bits per heavy atom. The van der Waals surface area contributed by atoms with Crippen LogP contribution in [0, 0.1) is 6.92 Å². The van der Waals surface area contributed by atoms with Crippen molar-refractivity contribution in [1.29, 1.82) is 0 Å². The molecule has 2 aromatic rings. The molecule has 0 aliphatic rings. The normalized spacial score (nSPS) is 13.0. The third kappa shape index (κ3) is 3.64. The molecule has 1 atom stereocenters. The Bertz CT molecular complexity index is 624. The van der Waals surface area contributed by atoms with E-state index in [-0.39, 0.29) is 11.5 Å². The van der Waals surface area contributed by atoms with Crippen LogP contribution in [0.4, 0.5) is 0 Å². The summed E-state index contributed by atoms with van der Waals surface area (Å²) in [6, 6.07) is 14.3. The van der Waals surface area contributed by atoms with E-state index in [0.717, 1.165) is 22.6 Å². The van der Waals surface area contributed by atoms with E-state index in [4.69, 9.17) is 10.5 Å². The summed E-state index contributed by atoms with van der Waals surface area (Å²) in [5.41, 5.74) is 9.63. The molecule has 0 saturated carbocycles. The lowest BCUT2D eigenvalue weighted by molar-refractivity contribution is 0.467. The summed E-state index contributed by atoms with van der Waals surface area (Å²) in [7, 11) is 0. The third-order valence-corrected chi connectivity index (χ3v) is 3.67. The molecule has 112 valence electrons. The number of hydrogen-bond donors (Lipinski definition) is 1. The van der Waals surface area contributed by atoms with E-state index >= 15 is 0 Å². The predicted molar refractivity (Wildman–Crippen MR) is 89.0 cm³/mol. The maximum Gasteiger partial charge on any atom is 0.132 e. The van der Waals surface area contributed by atoms with E-state index in [1.54, 1.807) is 0 Å². The fourth-order valence-electron chi connectivity index (χ4n) is 2.30. The summed E-state index contributed by atoms with van der Waals surface area (Å²) >= 11 is 0. The van der Waals surface area contributed by atoms with Gasteiger partial charge in [-0.3, -0.25) is 0 Å². The summed E-state index contributed by atoms with van der Waals surface area (Å²) in [4.78, 5) is 0. The fraction of sp³-hybridized carbons (Fsp3) is 0.368. The van der Waals surface area contributed by atoms with Gasteiger partial charge in [-0.2, -0.15) is 0 Å². The quantitative estimate of drug-likeness (QED) is 0.850. The Kier molecular flexibility index (Phi) is 4.38. The van der Waals surface area contributed by atoms with Crippen molar-refractivity contribution >= 4 is 0 Å². The number of hydrogen-bond acceptors (Lipinski definition) is 2. The van der Waals surface area contributed by atoms with Gasteiger partial charge in [0.1, 0.15) is 11.5 Å². The van der Waals surface area contributed by atoms with Gasteiger partial charge in [-0.15, -0.1) is 0 Å². The zero-order valence-corrected chi connectivity index (χ0v) is 13.6. The topological polar surface area (TPSA) is 35.2 Å². The lowest BCUT2D eigenvalue weighted by Crippen LogP contribution is -2.11. The van der Waals surface area contributed by atoms with Gasteiger partial charge in [0.15, 0.2) is 0 Å². The largest absolute Gasteiger partial charge is 0.457 e. The molecule has 0 heterocycles. The lowest BCUT2D eigenvalue weighted by atomic mass is 9.86. The SMILES string of the molecule is Cc1cc(C(C)(C)C)ccc1Oc1ccccc1[C@H](C)N. The molecule has 2 rings (SSSR count). The van der Waals surface area contributed by atoms with Crippen LogP contribution in [-0.2, 0) is 5.41 Å². The molecule has 0 fully saturated rings. The first-order valence-electron chi connectivity index (χ1n) is 7.42. The molecule has 2 N–H and O–H groups in total. The highest BCUT2D eigenvalue weighted by Crippen LogP contribution is 2.33. The van der Waals surface area contributed by atoms with Crippen molar-refractivity contribution in [3.05, 3.63) is 59.2 Å². The minimum Gasteiger partial charge on any atom is -0.457 e. The molecule has 0 saturated heterocycles. The molecule has 0 amide bonds. The maximum atomic E-state index is 6.09. The number of rotatable bonds is 3. The van der Waals surface area contributed by atoms with Crippen molar-refractivity contribution < 1.29 is 4.74 Å². The minimum absolute atomic E-state index is 0.0460. The molecule has 0 aliphatic carbocycles. The molecular weight excluding hydrogens is 258 g/mol. The minimum atomic E-state index is -0.0460. The van der Waals surface area contributed by atoms with Crippen LogP contribution in [0.5, 0.6) is 11.5 Å². The number of para-hydroxylation sites is 1. The maximum absolute atomic E-state index is 6.09. The Morgan fingerprint density at radius 2 is 1.67 bits per heavy atom. The highest BCUT2D eigenvalue weighted by Gasteiger charge is 2.15. The summed E-state index contributed by atoms with van der Waals surface area (Å²) in [6.07, 6.45) is 0. The van der Waals surface area contributed by atoms with Crippen LogP contribution in [0.25, 0.3) is 0 Å². The zero-order valence-electron chi connectivity index (χ0n) is 13.6. The highest BCUT2D eigenvalue weighted by molar-refractivity contribution is 5.44. The van der Waals surface area contributed by atoms with E-state index in [1.807, 2.05) is 37.3 Å². The molecule has 0 aliphatic heterocycles. The monoisotopic (exact) mass is 283 g/mol. The van der Waals surface area contributed by atoms with Crippen molar-refractivity contribution in [2.45, 2.75) is 46.1 Å². The second kappa shape index (κ2) is 5.90. The first kappa shape index (κ1) is 15.6. The van der Waals surface area contributed by atoms with Gasteiger partial charge in [0.2, 0.25) is 0 Å². The molecule has 2 heteroatoms. The van der Waals surface area contributed by atoms with Crippen LogP contribution in [0.15, 0.2) is 42.5 Å². The smallest absolute Gasteiger partial charge is 0.132 e. The first-order valence-corrected chi connectivity index (χ1v) is 7.42. The first-order chi connectivity index (χ1) is 9.79. The molecule has 21 heavy (non-hydrogen) atoms. The molecule has 2 nitrogen and oxygen atoms in total. The van der Waals surface area contributed by atoms with E-state index in [2.05, 4.69) is 39.8 Å². The summed E-state index contributed by atoms with van der Waals surface area (Å²) < 4.78 is 6.09. The number of benzene rings is 2. The second-order valence-electron chi connectivity index (χ2n) is 6.66. The summed E-state index contributed by atoms with van der Waals surface area (Å²) in [5, 5.41) is 0. The van der Waals surface area contributed by atoms with Gasteiger partial charge in [-0.05, 0) is 42.5 Å². The predicted octanol–water partition coefficient (Wildman–Crippen LogP) is 5.10. The average molecular weight is 283 g/mol. The van der Waals surface area contributed by atoms with Crippen molar-refractivity contribution in [3.63, 3.8) is 0 Å². The van der Waals surface area contributed by atoms with Crippen molar-refractivity contribution in [3.8, 4) is 11.5 Å². The van der Waals surface area contributed by atoms with Crippen molar-refractivity contribution in [1.82, 2.24) is 0 Å². The molecule has 0 aromatic heterocycles. The van der Waals surface area contributed by atoms with E-state index in [9.17, 15) is 0 Å². The third-order valence-electron chi connectivity index (χ3n) is 3.67.